The number of carbonyl (C=O) groups is 1. The lowest BCUT2D eigenvalue weighted by atomic mass is 9.78. The summed E-state index contributed by atoms with van der Waals surface area (Å²) in [6.07, 6.45) is 4.58. The number of amides is 1. The molecule has 2 fully saturated rings. The van der Waals surface area contributed by atoms with Crippen LogP contribution in [0, 0.1) is 11.3 Å². The van der Waals surface area contributed by atoms with Crippen LogP contribution in [0.2, 0.25) is 0 Å². The zero-order valence-corrected chi connectivity index (χ0v) is 13.7. The van der Waals surface area contributed by atoms with Crippen LogP contribution in [-0.4, -0.2) is 37.7 Å². The summed E-state index contributed by atoms with van der Waals surface area (Å²) in [5.74, 6) is 0.606. The first kappa shape index (κ1) is 17.7. The van der Waals surface area contributed by atoms with Gasteiger partial charge in [0, 0.05) is 19.1 Å². The molecule has 2 N–H and O–H groups in total. The molecule has 0 saturated carbocycles. The van der Waals surface area contributed by atoms with Gasteiger partial charge in [-0.1, -0.05) is 20.8 Å². The van der Waals surface area contributed by atoms with Gasteiger partial charge in [-0.15, -0.1) is 12.4 Å². The van der Waals surface area contributed by atoms with Crippen LogP contribution < -0.4 is 10.6 Å². The van der Waals surface area contributed by atoms with Gasteiger partial charge in [0.2, 0.25) is 5.91 Å². The highest BCUT2D eigenvalue weighted by molar-refractivity contribution is 5.85. The van der Waals surface area contributed by atoms with Crippen LogP contribution in [-0.2, 0) is 9.53 Å². The molecule has 0 aromatic heterocycles. The van der Waals surface area contributed by atoms with E-state index >= 15 is 0 Å². The van der Waals surface area contributed by atoms with E-state index in [1.807, 2.05) is 0 Å². The zero-order valence-electron chi connectivity index (χ0n) is 12.9. The molecular formula is C15H29ClN2O2. The van der Waals surface area contributed by atoms with E-state index in [-0.39, 0.29) is 35.9 Å². The molecule has 3 atom stereocenters. The van der Waals surface area contributed by atoms with Gasteiger partial charge < -0.3 is 15.4 Å². The normalized spacial score (nSPS) is 30.6. The highest BCUT2D eigenvalue weighted by Gasteiger charge is 2.35. The lowest BCUT2D eigenvalue weighted by Crippen LogP contribution is -2.48. The molecular weight excluding hydrogens is 276 g/mol. The maximum absolute atomic E-state index is 12.0. The summed E-state index contributed by atoms with van der Waals surface area (Å²) in [6.45, 7) is 9.23. The largest absolute Gasteiger partial charge is 0.377 e. The van der Waals surface area contributed by atoms with Crippen LogP contribution in [0.4, 0.5) is 0 Å². The quantitative estimate of drug-likeness (QED) is 0.840. The Morgan fingerprint density at radius 3 is 2.65 bits per heavy atom. The Morgan fingerprint density at radius 2 is 2.05 bits per heavy atom. The predicted octanol–water partition coefficient (Wildman–Crippen LogP) is 2.12. The van der Waals surface area contributed by atoms with Gasteiger partial charge in [-0.25, -0.2) is 0 Å². The second kappa shape index (κ2) is 7.62. The van der Waals surface area contributed by atoms with Crippen LogP contribution in [0.25, 0.3) is 0 Å². The summed E-state index contributed by atoms with van der Waals surface area (Å²) < 4.78 is 5.95. The number of rotatable bonds is 3. The molecule has 5 heteroatoms. The average molecular weight is 305 g/mol. The third-order valence-electron chi connectivity index (χ3n) is 4.21. The maximum Gasteiger partial charge on any atom is 0.237 e. The first-order valence-electron chi connectivity index (χ1n) is 7.61. The standard InChI is InChI=1S/C15H28N2O2.ClH/c1-15(2,3)13-11(6-5-9-19-13)10-17-14(18)12-7-4-8-16-12;/h11-13,16H,4-10H2,1-3H3,(H,17,18);1H. The summed E-state index contributed by atoms with van der Waals surface area (Å²) in [4.78, 5) is 12.0. The first-order chi connectivity index (χ1) is 8.98. The van der Waals surface area contributed by atoms with Crippen molar-refractivity contribution in [1.82, 2.24) is 10.6 Å². The summed E-state index contributed by atoms with van der Waals surface area (Å²) >= 11 is 0. The van der Waals surface area contributed by atoms with Gasteiger partial charge in [0.1, 0.15) is 0 Å². The van der Waals surface area contributed by atoms with Gasteiger partial charge in [0.05, 0.1) is 12.1 Å². The smallest absolute Gasteiger partial charge is 0.237 e. The molecule has 118 valence electrons. The number of ether oxygens (including phenoxy) is 1. The molecule has 3 unspecified atom stereocenters. The van der Waals surface area contributed by atoms with Crippen molar-refractivity contribution in [3.05, 3.63) is 0 Å². The number of hydrogen-bond donors (Lipinski definition) is 2. The Morgan fingerprint density at radius 1 is 1.30 bits per heavy atom. The van der Waals surface area contributed by atoms with Crippen molar-refractivity contribution in [3.8, 4) is 0 Å². The Balaban J connectivity index is 0.00000200. The highest BCUT2D eigenvalue weighted by Crippen LogP contribution is 2.33. The van der Waals surface area contributed by atoms with Crippen LogP contribution in [0.15, 0.2) is 0 Å². The second-order valence-electron chi connectivity index (χ2n) is 6.95. The molecule has 20 heavy (non-hydrogen) atoms. The van der Waals surface area contributed by atoms with Crippen LogP contribution >= 0.6 is 12.4 Å². The Kier molecular flexibility index (Phi) is 6.76. The summed E-state index contributed by atoms with van der Waals surface area (Å²) in [7, 11) is 0. The van der Waals surface area contributed by atoms with Crippen LogP contribution in [0.5, 0.6) is 0 Å². The van der Waals surface area contributed by atoms with Crippen molar-refractivity contribution in [2.24, 2.45) is 11.3 Å². The van der Waals surface area contributed by atoms with E-state index in [0.29, 0.717) is 5.92 Å². The van der Waals surface area contributed by atoms with E-state index in [4.69, 9.17) is 4.74 Å². The number of halogens is 1. The molecule has 2 rings (SSSR count). The van der Waals surface area contributed by atoms with Crippen LogP contribution in [0.3, 0.4) is 0 Å². The van der Waals surface area contributed by atoms with Gasteiger partial charge in [-0.05, 0) is 37.6 Å². The molecule has 2 aliphatic heterocycles. The molecule has 2 aliphatic rings. The van der Waals surface area contributed by atoms with Crippen LogP contribution in [0.1, 0.15) is 46.5 Å². The molecule has 1 amide bonds. The van der Waals surface area contributed by atoms with Gasteiger partial charge >= 0.3 is 0 Å². The second-order valence-corrected chi connectivity index (χ2v) is 6.95. The number of carbonyl (C=O) groups excluding carboxylic acids is 1. The molecule has 0 radical (unpaired) electrons. The molecule has 2 heterocycles. The molecule has 4 nitrogen and oxygen atoms in total. The minimum atomic E-state index is 0. The summed E-state index contributed by atoms with van der Waals surface area (Å²) in [5, 5.41) is 6.36. The Hall–Kier alpha value is -0.320. The highest BCUT2D eigenvalue weighted by atomic mass is 35.5. The van der Waals surface area contributed by atoms with E-state index in [1.54, 1.807) is 0 Å². The van der Waals surface area contributed by atoms with Gasteiger partial charge in [0.15, 0.2) is 0 Å². The molecule has 0 aromatic carbocycles. The average Bonchev–Trinajstić information content (AvgIpc) is 2.89. The van der Waals surface area contributed by atoms with E-state index < -0.39 is 0 Å². The monoisotopic (exact) mass is 304 g/mol. The SMILES string of the molecule is CC(C)(C)C1OCCCC1CNC(=O)C1CCCN1.Cl. The topological polar surface area (TPSA) is 50.4 Å². The third-order valence-corrected chi connectivity index (χ3v) is 4.21. The van der Waals surface area contributed by atoms with Crippen molar-refractivity contribution in [1.29, 1.82) is 0 Å². The molecule has 0 spiro atoms. The maximum atomic E-state index is 12.0. The minimum Gasteiger partial charge on any atom is -0.377 e. The van der Waals surface area contributed by atoms with Gasteiger partial charge in [-0.3, -0.25) is 4.79 Å². The van der Waals surface area contributed by atoms with E-state index in [1.165, 1.54) is 0 Å². The predicted molar refractivity (Wildman–Crippen MR) is 83.2 cm³/mol. The fourth-order valence-electron chi connectivity index (χ4n) is 3.27. The minimum absolute atomic E-state index is 0. The fourth-order valence-corrected chi connectivity index (χ4v) is 3.27. The van der Waals surface area contributed by atoms with Crippen molar-refractivity contribution < 1.29 is 9.53 Å². The Bertz CT molecular complexity index is 311. The third kappa shape index (κ3) is 4.61. The molecule has 0 aliphatic carbocycles. The summed E-state index contributed by atoms with van der Waals surface area (Å²) in [5.41, 5.74) is 0.140. The summed E-state index contributed by atoms with van der Waals surface area (Å²) in [6, 6.07) is 0.0256. The van der Waals surface area contributed by atoms with Gasteiger partial charge in [0.25, 0.3) is 0 Å². The zero-order chi connectivity index (χ0) is 13.9. The molecule has 2 saturated heterocycles. The van der Waals surface area contributed by atoms with Crippen molar-refractivity contribution in [2.75, 3.05) is 19.7 Å². The van der Waals surface area contributed by atoms with Crippen molar-refractivity contribution >= 4 is 18.3 Å². The lowest BCUT2D eigenvalue weighted by Gasteiger charge is -2.40. The fraction of sp³-hybridized carbons (Fsp3) is 0.933. The Labute approximate surface area is 128 Å². The molecule has 0 aromatic rings. The van der Waals surface area contributed by atoms with E-state index in [0.717, 1.165) is 45.4 Å². The lowest BCUT2D eigenvalue weighted by molar-refractivity contribution is -0.124. The van der Waals surface area contributed by atoms with Gasteiger partial charge in [-0.2, -0.15) is 0 Å². The van der Waals surface area contributed by atoms with E-state index in [2.05, 4.69) is 31.4 Å². The van der Waals surface area contributed by atoms with E-state index in [9.17, 15) is 4.79 Å². The van der Waals surface area contributed by atoms with Crippen molar-refractivity contribution in [3.63, 3.8) is 0 Å². The molecule has 0 bridgehead atoms. The van der Waals surface area contributed by atoms with Crippen molar-refractivity contribution in [2.45, 2.75) is 58.6 Å². The number of hydrogen-bond acceptors (Lipinski definition) is 3. The number of nitrogens with one attached hydrogen (secondary N) is 2. The first-order valence-corrected chi connectivity index (χ1v) is 7.61.